The SMILES string of the molecule is CCOc1ccc(C(=O)CCC(=O)O)cc1CC. The number of aryl methyl sites for hydroxylation is 1. The second-order valence-corrected chi connectivity index (χ2v) is 3.93. The molecule has 1 N–H and O–H groups in total. The van der Waals surface area contributed by atoms with Gasteiger partial charge in [0.25, 0.3) is 0 Å². The first kappa shape index (κ1) is 14.2. The van der Waals surface area contributed by atoms with Gasteiger partial charge in [-0.25, -0.2) is 0 Å². The largest absolute Gasteiger partial charge is 0.494 e. The molecule has 0 fully saturated rings. The van der Waals surface area contributed by atoms with Crippen molar-refractivity contribution in [3.8, 4) is 5.75 Å². The van der Waals surface area contributed by atoms with Crippen LogP contribution in [0.15, 0.2) is 18.2 Å². The van der Waals surface area contributed by atoms with Crippen LogP contribution < -0.4 is 4.74 Å². The fourth-order valence-electron chi connectivity index (χ4n) is 1.69. The minimum Gasteiger partial charge on any atom is -0.494 e. The first-order valence-electron chi connectivity index (χ1n) is 6.09. The Morgan fingerprint density at radius 2 is 1.94 bits per heavy atom. The van der Waals surface area contributed by atoms with E-state index in [9.17, 15) is 9.59 Å². The van der Waals surface area contributed by atoms with Gasteiger partial charge in [0.2, 0.25) is 0 Å². The summed E-state index contributed by atoms with van der Waals surface area (Å²) in [6.07, 6.45) is 0.676. The number of ether oxygens (including phenoxy) is 1. The summed E-state index contributed by atoms with van der Waals surface area (Å²) in [7, 11) is 0. The van der Waals surface area contributed by atoms with Crippen LogP contribution in [0.5, 0.6) is 5.75 Å². The molecule has 0 aliphatic heterocycles. The molecule has 4 heteroatoms. The monoisotopic (exact) mass is 250 g/mol. The number of hydrogen-bond acceptors (Lipinski definition) is 3. The van der Waals surface area contributed by atoms with Crippen molar-refractivity contribution in [3.05, 3.63) is 29.3 Å². The van der Waals surface area contributed by atoms with Crippen molar-refractivity contribution < 1.29 is 19.4 Å². The Balaban J connectivity index is 2.84. The van der Waals surface area contributed by atoms with E-state index < -0.39 is 5.97 Å². The van der Waals surface area contributed by atoms with Crippen LogP contribution in [0.3, 0.4) is 0 Å². The molecule has 0 spiro atoms. The fourth-order valence-corrected chi connectivity index (χ4v) is 1.69. The van der Waals surface area contributed by atoms with Gasteiger partial charge in [0.1, 0.15) is 5.75 Å². The third-order valence-electron chi connectivity index (χ3n) is 2.63. The highest BCUT2D eigenvalue weighted by Crippen LogP contribution is 2.21. The van der Waals surface area contributed by atoms with Crippen LogP contribution in [0.1, 0.15) is 42.6 Å². The zero-order valence-electron chi connectivity index (χ0n) is 10.7. The van der Waals surface area contributed by atoms with E-state index in [0.29, 0.717) is 12.2 Å². The molecular formula is C14H18O4. The molecule has 0 atom stereocenters. The van der Waals surface area contributed by atoms with Crippen molar-refractivity contribution in [2.24, 2.45) is 0 Å². The number of rotatable bonds is 7. The van der Waals surface area contributed by atoms with Gasteiger partial charge in [0.05, 0.1) is 13.0 Å². The van der Waals surface area contributed by atoms with E-state index in [1.807, 2.05) is 13.8 Å². The molecular weight excluding hydrogens is 232 g/mol. The number of Topliss-reactive ketones (excluding diaryl/α,β-unsaturated/α-hetero) is 1. The van der Waals surface area contributed by atoms with Gasteiger partial charge in [0, 0.05) is 12.0 Å². The molecule has 1 rings (SSSR count). The lowest BCUT2D eigenvalue weighted by Crippen LogP contribution is -2.05. The van der Waals surface area contributed by atoms with Crippen molar-refractivity contribution in [1.82, 2.24) is 0 Å². The zero-order valence-corrected chi connectivity index (χ0v) is 10.7. The molecule has 0 heterocycles. The number of carbonyl (C=O) groups is 2. The summed E-state index contributed by atoms with van der Waals surface area (Å²) in [6.45, 7) is 4.48. The van der Waals surface area contributed by atoms with E-state index in [1.165, 1.54) is 0 Å². The predicted molar refractivity (Wildman–Crippen MR) is 68.2 cm³/mol. The number of carbonyl (C=O) groups excluding carboxylic acids is 1. The topological polar surface area (TPSA) is 63.6 Å². The first-order chi connectivity index (χ1) is 8.58. The van der Waals surface area contributed by atoms with Crippen LogP contribution in [-0.2, 0) is 11.2 Å². The molecule has 0 aliphatic rings. The number of aliphatic carboxylic acids is 1. The molecule has 1 aromatic rings. The van der Waals surface area contributed by atoms with Crippen LogP contribution in [0.2, 0.25) is 0 Å². The van der Waals surface area contributed by atoms with E-state index in [2.05, 4.69) is 0 Å². The number of carboxylic acids is 1. The molecule has 0 saturated carbocycles. The lowest BCUT2D eigenvalue weighted by Gasteiger charge is -2.10. The summed E-state index contributed by atoms with van der Waals surface area (Å²) in [5.74, 6) is -0.310. The molecule has 0 amide bonds. The predicted octanol–water partition coefficient (Wildman–Crippen LogP) is 2.70. The summed E-state index contributed by atoms with van der Waals surface area (Å²) in [6, 6.07) is 5.25. The molecule has 0 unspecified atom stereocenters. The zero-order chi connectivity index (χ0) is 13.5. The maximum atomic E-state index is 11.8. The van der Waals surface area contributed by atoms with Crippen molar-refractivity contribution in [3.63, 3.8) is 0 Å². The maximum Gasteiger partial charge on any atom is 0.303 e. The van der Waals surface area contributed by atoms with Gasteiger partial charge >= 0.3 is 5.97 Å². The van der Waals surface area contributed by atoms with Crippen LogP contribution in [-0.4, -0.2) is 23.5 Å². The van der Waals surface area contributed by atoms with E-state index in [-0.39, 0.29) is 18.6 Å². The molecule has 18 heavy (non-hydrogen) atoms. The Morgan fingerprint density at radius 3 is 2.50 bits per heavy atom. The third-order valence-corrected chi connectivity index (χ3v) is 2.63. The van der Waals surface area contributed by atoms with E-state index in [1.54, 1.807) is 18.2 Å². The second-order valence-electron chi connectivity index (χ2n) is 3.93. The second kappa shape index (κ2) is 6.79. The maximum absolute atomic E-state index is 11.8. The van der Waals surface area contributed by atoms with E-state index in [4.69, 9.17) is 9.84 Å². The van der Waals surface area contributed by atoms with Gasteiger partial charge in [-0.1, -0.05) is 6.92 Å². The first-order valence-corrected chi connectivity index (χ1v) is 6.09. The number of carboxylic acid groups (broad SMARTS) is 1. The number of hydrogen-bond donors (Lipinski definition) is 1. The van der Waals surface area contributed by atoms with Crippen molar-refractivity contribution in [2.75, 3.05) is 6.61 Å². The number of ketones is 1. The smallest absolute Gasteiger partial charge is 0.303 e. The van der Waals surface area contributed by atoms with E-state index >= 15 is 0 Å². The Kier molecular flexibility index (Phi) is 5.36. The number of benzene rings is 1. The summed E-state index contributed by atoms with van der Waals surface area (Å²) < 4.78 is 5.46. The summed E-state index contributed by atoms with van der Waals surface area (Å²) in [4.78, 5) is 22.2. The highest BCUT2D eigenvalue weighted by molar-refractivity contribution is 5.97. The quantitative estimate of drug-likeness (QED) is 0.756. The normalized spacial score (nSPS) is 10.1. The van der Waals surface area contributed by atoms with Crippen LogP contribution in [0.4, 0.5) is 0 Å². The van der Waals surface area contributed by atoms with Crippen molar-refractivity contribution >= 4 is 11.8 Å². The molecule has 0 aliphatic carbocycles. The average Bonchev–Trinajstić information content (AvgIpc) is 2.36. The highest BCUT2D eigenvalue weighted by atomic mass is 16.5. The lowest BCUT2D eigenvalue weighted by molar-refractivity contribution is -0.136. The van der Waals surface area contributed by atoms with Crippen molar-refractivity contribution in [1.29, 1.82) is 0 Å². The molecule has 0 saturated heterocycles. The minimum absolute atomic E-state index is 0.0342. The molecule has 0 aromatic heterocycles. The van der Waals surface area contributed by atoms with Crippen LogP contribution >= 0.6 is 0 Å². The van der Waals surface area contributed by atoms with Gasteiger partial charge < -0.3 is 9.84 Å². The summed E-state index contributed by atoms with van der Waals surface area (Å²) in [5.41, 5.74) is 1.52. The Bertz CT molecular complexity index is 437. The van der Waals surface area contributed by atoms with Gasteiger partial charge in [-0.3, -0.25) is 9.59 Å². The third kappa shape index (κ3) is 3.87. The average molecular weight is 250 g/mol. The molecule has 98 valence electrons. The van der Waals surface area contributed by atoms with Crippen LogP contribution in [0, 0.1) is 0 Å². The van der Waals surface area contributed by atoms with Crippen molar-refractivity contribution in [2.45, 2.75) is 33.1 Å². The molecule has 0 bridgehead atoms. The summed E-state index contributed by atoms with van der Waals surface area (Å²) >= 11 is 0. The minimum atomic E-state index is -0.954. The lowest BCUT2D eigenvalue weighted by atomic mass is 10.0. The standard InChI is InChI=1S/C14H18O4/c1-3-10-9-11(5-7-13(10)18-4-2)12(15)6-8-14(16)17/h5,7,9H,3-4,6,8H2,1-2H3,(H,16,17). The summed E-state index contributed by atoms with van der Waals surface area (Å²) in [5, 5.41) is 8.55. The van der Waals surface area contributed by atoms with Gasteiger partial charge in [-0.15, -0.1) is 0 Å². The molecule has 4 nitrogen and oxygen atoms in total. The van der Waals surface area contributed by atoms with Gasteiger partial charge in [-0.2, -0.15) is 0 Å². The molecule has 1 aromatic carbocycles. The fraction of sp³-hybridized carbons (Fsp3) is 0.429. The highest BCUT2D eigenvalue weighted by Gasteiger charge is 2.11. The Morgan fingerprint density at radius 1 is 1.22 bits per heavy atom. The molecule has 0 radical (unpaired) electrons. The Hall–Kier alpha value is -1.84. The van der Waals surface area contributed by atoms with E-state index in [0.717, 1.165) is 17.7 Å². The van der Waals surface area contributed by atoms with Gasteiger partial charge in [-0.05, 0) is 37.1 Å². The van der Waals surface area contributed by atoms with Crippen LogP contribution in [0.25, 0.3) is 0 Å². The van der Waals surface area contributed by atoms with Gasteiger partial charge in [0.15, 0.2) is 5.78 Å². The Labute approximate surface area is 107 Å².